The summed E-state index contributed by atoms with van der Waals surface area (Å²) in [6, 6.07) is 13.2. The van der Waals surface area contributed by atoms with Crippen molar-refractivity contribution < 1.29 is 18.8 Å². The van der Waals surface area contributed by atoms with Gasteiger partial charge in [0.2, 0.25) is 11.8 Å². The standard InChI is InChI=1S/C27H32N4O4/c1-18(2)19-10-12-20(13-11-19)24(26(34)30-27(3,4)5)31(21-8-6-14-28-16-21)23(32)17-29-25(33)22-9-7-15-35-22/h6-16,18,24H,17H2,1-5H3,(H,29,33)(H,30,34)/t24-/m0/s1. The lowest BCUT2D eigenvalue weighted by atomic mass is 9.96. The third-order valence-corrected chi connectivity index (χ3v) is 5.26. The molecule has 0 aliphatic rings. The SMILES string of the molecule is CC(C)c1ccc([C@@H](C(=O)NC(C)(C)C)N(C(=O)CNC(=O)c2ccco2)c2cccnc2)cc1. The van der Waals surface area contributed by atoms with Crippen molar-refractivity contribution in [1.82, 2.24) is 15.6 Å². The lowest BCUT2D eigenvalue weighted by Crippen LogP contribution is -2.51. The highest BCUT2D eigenvalue weighted by molar-refractivity contribution is 6.04. The van der Waals surface area contributed by atoms with E-state index in [0.29, 0.717) is 17.2 Å². The molecule has 2 heterocycles. The number of carbonyl (C=O) groups is 3. The maximum atomic E-state index is 13.6. The zero-order chi connectivity index (χ0) is 25.6. The predicted octanol–water partition coefficient (Wildman–Crippen LogP) is 4.22. The summed E-state index contributed by atoms with van der Waals surface area (Å²) >= 11 is 0. The first kappa shape index (κ1) is 25.7. The Morgan fingerprint density at radius 2 is 1.69 bits per heavy atom. The van der Waals surface area contributed by atoms with Gasteiger partial charge in [0.05, 0.1) is 24.7 Å². The van der Waals surface area contributed by atoms with Gasteiger partial charge in [-0.3, -0.25) is 24.3 Å². The first-order valence-electron chi connectivity index (χ1n) is 11.5. The molecule has 0 radical (unpaired) electrons. The Morgan fingerprint density at radius 3 is 2.23 bits per heavy atom. The van der Waals surface area contributed by atoms with Crippen molar-refractivity contribution in [2.24, 2.45) is 0 Å². The molecule has 8 heteroatoms. The van der Waals surface area contributed by atoms with E-state index in [-0.39, 0.29) is 18.2 Å². The second-order valence-electron chi connectivity index (χ2n) is 9.60. The Bertz CT molecular complexity index is 1130. The van der Waals surface area contributed by atoms with Crippen molar-refractivity contribution in [2.45, 2.75) is 52.1 Å². The van der Waals surface area contributed by atoms with Gasteiger partial charge in [0.15, 0.2) is 5.76 Å². The van der Waals surface area contributed by atoms with E-state index in [1.165, 1.54) is 23.4 Å². The summed E-state index contributed by atoms with van der Waals surface area (Å²) in [5.41, 5.74) is 1.68. The molecule has 0 saturated heterocycles. The van der Waals surface area contributed by atoms with Crippen molar-refractivity contribution in [3.8, 4) is 0 Å². The molecule has 3 aromatic rings. The van der Waals surface area contributed by atoms with E-state index in [2.05, 4.69) is 29.5 Å². The number of pyridine rings is 1. The minimum atomic E-state index is -0.979. The Labute approximate surface area is 205 Å². The molecule has 0 unspecified atom stereocenters. The van der Waals surface area contributed by atoms with Gasteiger partial charge >= 0.3 is 0 Å². The summed E-state index contributed by atoms with van der Waals surface area (Å²) < 4.78 is 5.10. The van der Waals surface area contributed by atoms with E-state index < -0.39 is 23.4 Å². The minimum Gasteiger partial charge on any atom is -0.459 e. The van der Waals surface area contributed by atoms with Crippen LogP contribution in [0.5, 0.6) is 0 Å². The van der Waals surface area contributed by atoms with Crippen molar-refractivity contribution in [3.63, 3.8) is 0 Å². The molecule has 3 amide bonds. The van der Waals surface area contributed by atoms with Crippen molar-refractivity contribution in [3.05, 3.63) is 84.1 Å². The van der Waals surface area contributed by atoms with Crippen LogP contribution in [0.25, 0.3) is 0 Å². The molecule has 0 bridgehead atoms. The van der Waals surface area contributed by atoms with Crippen LogP contribution in [0.4, 0.5) is 5.69 Å². The third kappa shape index (κ3) is 6.79. The molecule has 1 atom stereocenters. The first-order chi connectivity index (χ1) is 16.6. The van der Waals surface area contributed by atoms with Crippen LogP contribution in [0.1, 0.15) is 68.3 Å². The van der Waals surface area contributed by atoms with E-state index in [4.69, 9.17) is 4.42 Å². The van der Waals surface area contributed by atoms with Gasteiger partial charge in [0, 0.05) is 11.7 Å². The number of hydrogen-bond acceptors (Lipinski definition) is 5. The van der Waals surface area contributed by atoms with Gasteiger partial charge in [0.25, 0.3) is 5.91 Å². The molecule has 2 aromatic heterocycles. The largest absolute Gasteiger partial charge is 0.459 e. The average molecular weight is 477 g/mol. The molecule has 0 spiro atoms. The molecule has 0 aliphatic carbocycles. The molecule has 0 fully saturated rings. The lowest BCUT2D eigenvalue weighted by Gasteiger charge is -2.33. The van der Waals surface area contributed by atoms with Gasteiger partial charge < -0.3 is 15.1 Å². The van der Waals surface area contributed by atoms with Crippen LogP contribution in [0.2, 0.25) is 0 Å². The van der Waals surface area contributed by atoms with Gasteiger partial charge in [-0.05, 0) is 62.1 Å². The maximum Gasteiger partial charge on any atom is 0.287 e. The number of nitrogens with zero attached hydrogens (tertiary/aromatic N) is 2. The molecule has 1 aromatic carbocycles. The number of carbonyl (C=O) groups excluding carboxylic acids is 3. The monoisotopic (exact) mass is 476 g/mol. The summed E-state index contributed by atoms with van der Waals surface area (Å²) in [4.78, 5) is 45.0. The van der Waals surface area contributed by atoms with E-state index in [9.17, 15) is 14.4 Å². The zero-order valence-electron chi connectivity index (χ0n) is 20.7. The van der Waals surface area contributed by atoms with Crippen molar-refractivity contribution in [2.75, 3.05) is 11.4 Å². The third-order valence-electron chi connectivity index (χ3n) is 5.26. The molecule has 3 rings (SSSR count). The summed E-state index contributed by atoms with van der Waals surface area (Å²) in [6.07, 6.45) is 4.49. The van der Waals surface area contributed by atoms with Crippen LogP contribution in [0.15, 0.2) is 71.6 Å². The van der Waals surface area contributed by atoms with E-state index >= 15 is 0 Å². The normalized spacial score (nSPS) is 12.2. The fourth-order valence-electron chi connectivity index (χ4n) is 3.59. The number of furan rings is 1. The van der Waals surface area contributed by atoms with Crippen molar-refractivity contribution >= 4 is 23.4 Å². The quantitative estimate of drug-likeness (QED) is 0.507. The number of aromatic nitrogens is 1. The summed E-state index contributed by atoms with van der Waals surface area (Å²) in [5, 5.41) is 5.57. The number of rotatable bonds is 8. The van der Waals surface area contributed by atoms with Crippen LogP contribution in [-0.2, 0) is 9.59 Å². The summed E-state index contributed by atoms with van der Waals surface area (Å²) in [5.74, 6) is -0.925. The second-order valence-corrected chi connectivity index (χ2v) is 9.60. The number of anilines is 1. The van der Waals surface area contributed by atoms with Crippen LogP contribution >= 0.6 is 0 Å². The molecule has 8 nitrogen and oxygen atoms in total. The zero-order valence-corrected chi connectivity index (χ0v) is 20.7. The second kappa shape index (κ2) is 11.0. The first-order valence-corrected chi connectivity index (χ1v) is 11.5. The minimum absolute atomic E-state index is 0.0945. The Hall–Kier alpha value is -3.94. The lowest BCUT2D eigenvalue weighted by molar-refractivity contribution is -0.127. The topological polar surface area (TPSA) is 105 Å². The molecule has 2 N–H and O–H groups in total. The van der Waals surface area contributed by atoms with Gasteiger partial charge in [-0.2, -0.15) is 0 Å². The van der Waals surface area contributed by atoms with Crippen molar-refractivity contribution in [1.29, 1.82) is 0 Å². The van der Waals surface area contributed by atoms with Crippen LogP contribution < -0.4 is 15.5 Å². The average Bonchev–Trinajstić information content (AvgIpc) is 3.35. The number of amides is 3. The number of hydrogen-bond donors (Lipinski definition) is 2. The number of nitrogens with one attached hydrogen (secondary N) is 2. The van der Waals surface area contributed by atoms with Gasteiger partial charge in [-0.1, -0.05) is 38.1 Å². The highest BCUT2D eigenvalue weighted by Gasteiger charge is 2.34. The molecule has 0 aliphatic heterocycles. The van der Waals surface area contributed by atoms with E-state index in [0.717, 1.165) is 5.56 Å². The Morgan fingerprint density at radius 1 is 1.00 bits per heavy atom. The molecular formula is C27H32N4O4. The highest BCUT2D eigenvalue weighted by atomic mass is 16.3. The van der Waals surface area contributed by atoms with E-state index in [1.807, 2.05) is 45.0 Å². The smallest absolute Gasteiger partial charge is 0.287 e. The maximum absolute atomic E-state index is 13.6. The van der Waals surface area contributed by atoms with Crippen LogP contribution in [-0.4, -0.2) is 34.8 Å². The molecular weight excluding hydrogens is 444 g/mol. The Kier molecular flexibility index (Phi) is 8.06. The number of benzene rings is 1. The van der Waals surface area contributed by atoms with Crippen LogP contribution in [0, 0.1) is 0 Å². The molecule has 0 saturated carbocycles. The summed E-state index contributed by atoms with van der Waals surface area (Å²) in [7, 11) is 0. The molecule has 184 valence electrons. The molecule has 35 heavy (non-hydrogen) atoms. The predicted molar refractivity (Wildman–Crippen MR) is 134 cm³/mol. The fourth-order valence-corrected chi connectivity index (χ4v) is 3.59. The van der Waals surface area contributed by atoms with Gasteiger partial charge in [-0.25, -0.2) is 0 Å². The fraction of sp³-hybridized carbons (Fsp3) is 0.333. The summed E-state index contributed by atoms with van der Waals surface area (Å²) in [6.45, 7) is 9.48. The van der Waals surface area contributed by atoms with Crippen LogP contribution in [0.3, 0.4) is 0 Å². The van der Waals surface area contributed by atoms with Gasteiger partial charge in [-0.15, -0.1) is 0 Å². The highest BCUT2D eigenvalue weighted by Crippen LogP contribution is 2.29. The Balaban J connectivity index is 2.00. The van der Waals surface area contributed by atoms with Gasteiger partial charge in [0.1, 0.15) is 6.04 Å². The van der Waals surface area contributed by atoms with E-state index in [1.54, 1.807) is 24.4 Å².